The van der Waals surface area contributed by atoms with Gasteiger partial charge in [-0.2, -0.15) is 0 Å². The van der Waals surface area contributed by atoms with Gasteiger partial charge in [0.1, 0.15) is 19.2 Å². The van der Waals surface area contributed by atoms with Crippen LogP contribution in [0.4, 0.5) is 10.5 Å². The predicted octanol–water partition coefficient (Wildman–Crippen LogP) is 5.16. The van der Waals surface area contributed by atoms with Gasteiger partial charge in [0, 0.05) is 29.4 Å². The quantitative estimate of drug-likeness (QED) is 0.160. The van der Waals surface area contributed by atoms with Crippen LogP contribution < -0.4 is 16.0 Å². The monoisotopic (exact) mass is 616 g/mol. The molecule has 0 radical (unpaired) electrons. The molecule has 1 aliphatic rings. The van der Waals surface area contributed by atoms with Gasteiger partial charge in [0.25, 0.3) is 5.91 Å². The van der Waals surface area contributed by atoms with Crippen LogP contribution in [-0.4, -0.2) is 55.2 Å². The van der Waals surface area contributed by atoms with Crippen molar-refractivity contribution < 1.29 is 28.7 Å². The Morgan fingerprint density at radius 3 is 2.22 bits per heavy atom. The second-order valence-electron chi connectivity index (χ2n) is 10.9. The summed E-state index contributed by atoms with van der Waals surface area (Å²) < 4.78 is 10.3. The smallest absolute Gasteiger partial charge is 0.407 e. The molecule has 232 valence electrons. The van der Waals surface area contributed by atoms with E-state index < -0.39 is 29.9 Å². The molecule has 1 heterocycles. The Hall–Kier alpha value is -5.90. The Bertz CT molecular complexity index is 1890. The number of hydrogen-bond donors (Lipinski definition) is 4. The van der Waals surface area contributed by atoms with Gasteiger partial charge in [0.15, 0.2) is 0 Å². The topological polar surface area (TPSA) is 139 Å². The molecule has 0 bridgehead atoms. The number of benzene rings is 4. The van der Waals surface area contributed by atoms with Crippen LogP contribution in [0, 0.1) is 0 Å². The van der Waals surface area contributed by atoms with Gasteiger partial charge in [-0.3, -0.25) is 14.4 Å². The number of amides is 3. The molecule has 4 N–H and O–H groups in total. The third kappa shape index (κ3) is 6.32. The molecular formula is C36H32N4O6. The second-order valence-corrected chi connectivity index (χ2v) is 10.9. The molecule has 0 spiro atoms. The van der Waals surface area contributed by atoms with Gasteiger partial charge < -0.3 is 30.4 Å². The van der Waals surface area contributed by atoms with E-state index in [0.717, 1.165) is 38.7 Å². The Labute approximate surface area is 265 Å². The number of para-hydroxylation sites is 2. The van der Waals surface area contributed by atoms with E-state index in [1.807, 2.05) is 60.7 Å². The van der Waals surface area contributed by atoms with Crippen molar-refractivity contribution in [2.75, 3.05) is 25.6 Å². The molecule has 0 saturated carbocycles. The standard InChI is InChI=1S/C36H32N4O6/c1-45-33(41)20-38-34(42)28-15-7-9-17-31(28)39-35(43)32(18-22-19-37-30-16-8-6-10-23(22)30)40-36(44)46-21-29-26-13-4-2-11-24(26)25-12-3-5-14-27(25)29/h2-17,19,29,32,37H,18,20-21H2,1H3,(H,38,42)(H,39,43)(H,40,44)/t32-/m0/s1. The van der Waals surface area contributed by atoms with Gasteiger partial charge in [-0.25, -0.2) is 4.79 Å². The average Bonchev–Trinajstić information content (AvgIpc) is 3.64. The summed E-state index contributed by atoms with van der Waals surface area (Å²) in [6, 6.07) is 29.1. The lowest BCUT2D eigenvalue weighted by Crippen LogP contribution is -2.46. The number of hydrogen-bond acceptors (Lipinski definition) is 6. The molecule has 4 aromatic carbocycles. The Morgan fingerprint density at radius 1 is 0.826 bits per heavy atom. The van der Waals surface area contributed by atoms with E-state index in [4.69, 9.17) is 4.74 Å². The summed E-state index contributed by atoms with van der Waals surface area (Å²) in [7, 11) is 1.22. The van der Waals surface area contributed by atoms with Crippen LogP contribution in [0.2, 0.25) is 0 Å². The number of anilines is 1. The van der Waals surface area contributed by atoms with E-state index in [-0.39, 0.29) is 36.7 Å². The fourth-order valence-corrected chi connectivity index (χ4v) is 5.84. The predicted molar refractivity (Wildman–Crippen MR) is 173 cm³/mol. The van der Waals surface area contributed by atoms with Crippen molar-refractivity contribution in [2.45, 2.75) is 18.4 Å². The number of carbonyl (C=O) groups is 4. The van der Waals surface area contributed by atoms with Crippen LogP contribution in [0.5, 0.6) is 0 Å². The van der Waals surface area contributed by atoms with Crippen LogP contribution >= 0.6 is 0 Å². The third-order valence-corrected chi connectivity index (χ3v) is 8.10. The van der Waals surface area contributed by atoms with Gasteiger partial charge in [-0.15, -0.1) is 0 Å². The molecule has 5 aromatic rings. The Morgan fingerprint density at radius 2 is 1.48 bits per heavy atom. The highest BCUT2D eigenvalue weighted by Gasteiger charge is 2.30. The maximum Gasteiger partial charge on any atom is 0.407 e. The zero-order chi connectivity index (χ0) is 32.0. The number of fused-ring (bicyclic) bond motifs is 4. The molecular weight excluding hydrogens is 584 g/mol. The van der Waals surface area contributed by atoms with Gasteiger partial charge in [0.05, 0.1) is 18.4 Å². The molecule has 6 rings (SSSR count). The number of carbonyl (C=O) groups excluding carboxylic acids is 4. The summed E-state index contributed by atoms with van der Waals surface area (Å²) in [4.78, 5) is 54.7. The van der Waals surface area contributed by atoms with Gasteiger partial charge in [-0.1, -0.05) is 78.9 Å². The zero-order valence-corrected chi connectivity index (χ0v) is 25.0. The molecule has 46 heavy (non-hydrogen) atoms. The van der Waals surface area contributed by atoms with E-state index in [2.05, 4.69) is 37.8 Å². The van der Waals surface area contributed by atoms with E-state index in [9.17, 15) is 19.2 Å². The lowest BCUT2D eigenvalue weighted by Gasteiger charge is -2.20. The minimum absolute atomic E-state index is 0.0878. The summed E-state index contributed by atoms with van der Waals surface area (Å²) in [5.74, 6) is -1.87. The molecule has 0 fully saturated rings. The molecule has 0 aliphatic heterocycles. The van der Waals surface area contributed by atoms with Crippen molar-refractivity contribution in [3.8, 4) is 11.1 Å². The molecule has 3 amide bonds. The highest BCUT2D eigenvalue weighted by atomic mass is 16.5. The number of aromatic nitrogens is 1. The highest BCUT2D eigenvalue weighted by Crippen LogP contribution is 2.44. The fraction of sp³-hybridized carbons (Fsp3) is 0.167. The fourth-order valence-electron chi connectivity index (χ4n) is 5.84. The summed E-state index contributed by atoms with van der Waals surface area (Å²) in [6.45, 7) is -0.241. The van der Waals surface area contributed by atoms with Crippen molar-refractivity contribution in [3.63, 3.8) is 0 Å². The first-order valence-electron chi connectivity index (χ1n) is 14.8. The Kier molecular flexibility index (Phi) is 8.78. The van der Waals surface area contributed by atoms with Crippen LogP contribution in [0.25, 0.3) is 22.0 Å². The number of rotatable bonds is 10. The van der Waals surface area contributed by atoms with Gasteiger partial charge >= 0.3 is 12.1 Å². The number of alkyl carbamates (subject to hydrolysis) is 1. The summed E-state index contributed by atoms with van der Waals surface area (Å²) >= 11 is 0. The average molecular weight is 617 g/mol. The molecule has 1 atom stereocenters. The molecule has 1 aliphatic carbocycles. The maximum atomic E-state index is 13.8. The minimum Gasteiger partial charge on any atom is -0.468 e. The van der Waals surface area contributed by atoms with Gasteiger partial charge in [0.2, 0.25) is 5.91 Å². The maximum absolute atomic E-state index is 13.8. The number of H-pyrrole nitrogens is 1. The number of nitrogens with one attached hydrogen (secondary N) is 4. The largest absolute Gasteiger partial charge is 0.468 e. The minimum atomic E-state index is -1.05. The van der Waals surface area contributed by atoms with Crippen molar-refractivity contribution in [2.24, 2.45) is 0 Å². The molecule has 10 heteroatoms. The first kappa shape index (κ1) is 30.1. The normalized spacial score (nSPS) is 12.5. The van der Waals surface area contributed by atoms with Crippen LogP contribution in [0.15, 0.2) is 103 Å². The molecule has 0 unspecified atom stereocenters. The second kappa shape index (κ2) is 13.4. The summed E-state index contributed by atoms with van der Waals surface area (Å²) in [6.07, 6.45) is 1.21. The third-order valence-electron chi connectivity index (χ3n) is 8.10. The Balaban J connectivity index is 1.20. The molecule has 0 saturated heterocycles. The van der Waals surface area contributed by atoms with Gasteiger partial charge in [-0.05, 0) is 46.0 Å². The van der Waals surface area contributed by atoms with E-state index >= 15 is 0 Å². The van der Waals surface area contributed by atoms with Crippen molar-refractivity contribution in [1.82, 2.24) is 15.6 Å². The molecule has 1 aromatic heterocycles. The summed E-state index contributed by atoms with van der Waals surface area (Å²) in [5.41, 5.74) is 6.44. The van der Waals surface area contributed by atoms with Crippen molar-refractivity contribution >= 4 is 40.5 Å². The lowest BCUT2D eigenvalue weighted by molar-refractivity contribution is -0.139. The first-order chi connectivity index (χ1) is 22.4. The van der Waals surface area contributed by atoms with Crippen LogP contribution in [-0.2, 0) is 25.5 Å². The SMILES string of the molecule is COC(=O)CNC(=O)c1ccccc1NC(=O)[C@H](Cc1c[nH]c2ccccc12)NC(=O)OCC1c2ccccc2-c2ccccc21. The van der Waals surface area contributed by atoms with E-state index in [1.54, 1.807) is 24.4 Å². The van der Waals surface area contributed by atoms with E-state index in [1.165, 1.54) is 13.2 Å². The molecule has 10 nitrogen and oxygen atoms in total. The first-order valence-corrected chi connectivity index (χ1v) is 14.8. The number of aromatic amines is 1. The van der Waals surface area contributed by atoms with E-state index in [0.29, 0.717) is 0 Å². The van der Waals surface area contributed by atoms with Crippen LogP contribution in [0.3, 0.4) is 0 Å². The van der Waals surface area contributed by atoms with Crippen molar-refractivity contribution in [3.05, 3.63) is 126 Å². The number of ether oxygens (including phenoxy) is 2. The number of methoxy groups -OCH3 is 1. The zero-order valence-electron chi connectivity index (χ0n) is 25.0. The lowest BCUT2D eigenvalue weighted by atomic mass is 9.98. The van der Waals surface area contributed by atoms with Crippen molar-refractivity contribution in [1.29, 1.82) is 0 Å². The highest BCUT2D eigenvalue weighted by molar-refractivity contribution is 6.06. The summed E-state index contributed by atoms with van der Waals surface area (Å²) in [5, 5.41) is 8.94. The van der Waals surface area contributed by atoms with Crippen LogP contribution in [0.1, 0.15) is 33.0 Å². The number of esters is 1.